The molecule has 7 nitrogen and oxygen atoms in total. The highest BCUT2D eigenvalue weighted by Gasteiger charge is 2.26. The summed E-state index contributed by atoms with van der Waals surface area (Å²) in [6.45, 7) is 1.82. The Morgan fingerprint density at radius 1 is 1.28 bits per heavy atom. The lowest BCUT2D eigenvalue weighted by molar-refractivity contribution is 0.0691. The number of hydrogen-bond acceptors (Lipinski definition) is 4. The van der Waals surface area contributed by atoms with Crippen molar-refractivity contribution >= 4 is 16.9 Å². The van der Waals surface area contributed by atoms with Gasteiger partial charge in [0.1, 0.15) is 5.75 Å². The largest absolute Gasteiger partial charge is 0.506 e. The van der Waals surface area contributed by atoms with Crippen LogP contribution < -0.4 is 5.56 Å². The molecule has 1 atom stereocenters. The number of rotatable bonds is 4. The number of aromatic amines is 2. The molecule has 1 aromatic carbocycles. The van der Waals surface area contributed by atoms with Gasteiger partial charge in [0, 0.05) is 33.8 Å². The van der Waals surface area contributed by atoms with Crippen molar-refractivity contribution < 1.29 is 15.0 Å². The van der Waals surface area contributed by atoms with Crippen LogP contribution in [0.25, 0.3) is 22.2 Å². The van der Waals surface area contributed by atoms with Crippen molar-refractivity contribution in [3.63, 3.8) is 0 Å². The van der Waals surface area contributed by atoms with Crippen LogP contribution >= 0.6 is 0 Å². The van der Waals surface area contributed by atoms with Crippen LogP contribution in [0.4, 0.5) is 0 Å². The van der Waals surface area contributed by atoms with E-state index < -0.39 is 22.8 Å². The Morgan fingerprint density at radius 2 is 2.03 bits per heavy atom. The van der Waals surface area contributed by atoms with E-state index in [-0.39, 0.29) is 0 Å². The molecule has 1 aliphatic carbocycles. The molecule has 29 heavy (non-hydrogen) atoms. The van der Waals surface area contributed by atoms with Crippen molar-refractivity contribution in [1.29, 1.82) is 0 Å². The second-order valence-corrected chi connectivity index (χ2v) is 7.84. The van der Waals surface area contributed by atoms with Gasteiger partial charge in [-0.3, -0.25) is 4.79 Å². The number of fused-ring (bicyclic) bond motifs is 3. The Balaban J connectivity index is 1.90. The fraction of sp³-hybridized carbons (Fsp3) is 0.364. The molecule has 0 spiro atoms. The first-order chi connectivity index (χ1) is 13.8. The van der Waals surface area contributed by atoms with E-state index >= 15 is 0 Å². The molecular formula is C22H25N3O4. The summed E-state index contributed by atoms with van der Waals surface area (Å²) in [6, 6.07) is 6.27. The maximum atomic E-state index is 12.3. The molecule has 0 aliphatic heterocycles. The van der Waals surface area contributed by atoms with Crippen molar-refractivity contribution in [2.24, 2.45) is 0 Å². The van der Waals surface area contributed by atoms with Gasteiger partial charge in [0.15, 0.2) is 5.56 Å². The lowest BCUT2D eigenvalue weighted by Gasteiger charge is -2.28. The quantitative estimate of drug-likeness (QED) is 0.541. The number of aromatic nitrogens is 2. The predicted molar refractivity (Wildman–Crippen MR) is 112 cm³/mol. The number of nitrogens with zero attached hydrogens (tertiary/aromatic N) is 1. The van der Waals surface area contributed by atoms with Gasteiger partial charge in [-0.25, -0.2) is 4.79 Å². The van der Waals surface area contributed by atoms with Crippen molar-refractivity contribution in [1.82, 2.24) is 14.9 Å². The Morgan fingerprint density at radius 3 is 2.69 bits per heavy atom. The number of carbonyl (C=O) groups is 1. The van der Waals surface area contributed by atoms with Crippen LogP contribution in [0.3, 0.4) is 0 Å². The molecular weight excluding hydrogens is 370 g/mol. The second-order valence-electron chi connectivity index (χ2n) is 7.84. The molecule has 3 aromatic rings. The molecule has 152 valence electrons. The normalized spacial score (nSPS) is 16.3. The Bertz CT molecular complexity index is 1170. The summed E-state index contributed by atoms with van der Waals surface area (Å²) >= 11 is 0. The van der Waals surface area contributed by atoms with E-state index in [0.717, 1.165) is 30.3 Å². The number of aromatic carboxylic acids is 1. The minimum Gasteiger partial charge on any atom is -0.506 e. The molecule has 0 fully saturated rings. The summed E-state index contributed by atoms with van der Waals surface area (Å²) in [5.41, 5.74) is 3.75. The number of nitrogens with one attached hydrogen (secondary N) is 2. The molecule has 0 saturated carbocycles. The van der Waals surface area contributed by atoms with E-state index in [0.29, 0.717) is 23.7 Å². The van der Waals surface area contributed by atoms with Gasteiger partial charge >= 0.3 is 5.97 Å². The molecule has 0 radical (unpaired) electrons. The molecule has 0 amide bonds. The zero-order chi connectivity index (χ0) is 20.9. The average molecular weight is 395 g/mol. The summed E-state index contributed by atoms with van der Waals surface area (Å²) in [7, 11) is 4.17. The van der Waals surface area contributed by atoms with Crippen molar-refractivity contribution in [3.05, 3.63) is 50.9 Å². The van der Waals surface area contributed by atoms with Crippen molar-refractivity contribution in [2.45, 2.75) is 38.6 Å². The van der Waals surface area contributed by atoms with Crippen LogP contribution in [-0.4, -0.2) is 45.1 Å². The Labute approximate surface area is 168 Å². The number of hydrogen-bond donors (Lipinski definition) is 4. The number of carboxylic acid groups (broad SMARTS) is 1. The van der Waals surface area contributed by atoms with Gasteiger partial charge in [-0.15, -0.1) is 0 Å². The van der Waals surface area contributed by atoms with Crippen LogP contribution in [0, 0.1) is 0 Å². The lowest BCUT2D eigenvalue weighted by Crippen LogP contribution is -2.24. The minimum absolute atomic E-state index is 0.347. The lowest BCUT2D eigenvalue weighted by atomic mass is 9.91. The summed E-state index contributed by atoms with van der Waals surface area (Å²) in [5.74, 6) is -1.90. The maximum absolute atomic E-state index is 12.3. The molecule has 7 heteroatoms. The van der Waals surface area contributed by atoms with Gasteiger partial charge < -0.3 is 25.1 Å². The number of H-pyrrole nitrogens is 2. The zero-order valence-corrected chi connectivity index (χ0v) is 16.8. The molecule has 1 unspecified atom stereocenters. The first-order valence-corrected chi connectivity index (χ1v) is 9.86. The van der Waals surface area contributed by atoms with E-state index in [1.165, 1.54) is 16.6 Å². The molecule has 4 rings (SSSR count). The van der Waals surface area contributed by atoms with E-state index in [1.807, 2.05) is 25.1 Å². The van der Waals surface area contributed by atoms with Crippen LogP contribution in [0.15, 0.2) is 23.0 Å². The fourth-order valence-electron chi connectivity index (χ4n) is 4.54. The summed E-state index contributed by atoms with van der Waals surface area (Å²) < 4.78 is 0. The van der Waals surface area contributed by atoms with Gasteiger partial charge in [-0.2, -0.15) is 0 Å². The zero-order valence-electron chi connectivity index (χ0n) is 16.8. The standard InChI is InChI=1S/C22H25N3O4/c1-4-12-18(24-21(27)17(20(12)26)22(28)29)11-8-9-13-14-6-5-7-16(25(2)3)19(14)23-15(13)10-11/h8-10,16,23H,4-7H2,1-3H3,(H,28,29)(H2,24,26,27). The van der Waals surface area contributed by atoms with Crippen LogP contribution in [0.5, 0.6) is 5.75 Å². The van der Waals surface area contributed by atoms with E-state index in [9.17, 15) is 19.8 Å². The summed E-state index contributed by atoms with van der Waals surface area (Å²) in [4.78, 5) is 32.1. The first-order valence-electron chi connectivity index (χ1n) is 9.86. The van der Waals surface area contributed by atoms with Crippen LogP contribution in [-0.2, 0) is 12.8 Å². The van der Waals surface area contributed by atoms with E-state index in [2.05, 4.69) is 29.0 Å². The highest BCUT2D eigenvalue weighted by atomic mass is 16.4. The monoisotopic (exact) mass is 395 g/mol. The van der Waals surface area contributed by atoms with Gasteiger partial charge in [0.05, 0.1) is 5.69 Å². The third kappa shape index (κ3) is 3.02. The third-order valence-electron chi connectivity index (χ3n) is 5.95. The van der Waals surface area contributed by atoms with E-state index in [1.54, 1.807) is 0 Å². The van der Waals surface area contributed by atoms with Gasteiger partial charge in [0.25, 0.3) is 5.56 Å². The highest BCUT2D eigenvalue weighted by molar-refractivity contribution is 5.93. The molecule has 4 N–H and O–H groups in total. The van der Waals surface area contributed by atoms with Crippen LogP contribution in [0.1, 0.15) is 53.0 Å². The third-order valence-corrected chi connectivity index (χ3v) is 5.95. The highest BCUT2D eigenvalue weighted by Crippen LogP contribution is 2.38. The predicted octanol–water partition coefficient (Wildman–Crippen LogP) is 3.43. The number of aryl methyl sites for hydroxylation is 1. The minimum atomic E-state index is -1.44. The van der Waals surface area contributed by atoms with Crippen molar-refractivity contribution in [2.75, 3.05) is 14.1 Å². The van der Waals surface area contributed by atoms with Crippen molar-refractivity contribution in [3.8, 4) is 17.0 Å². The van der Waals surface area contributed by atoms with Gasteiger partial charge in [0.2, 0.25) is 0 Å². The summed E-state index contributed by atoms with van der Waals surface area (Å²) in [5, 5.41) is 20.8. The smallest absolute Gasteiger partial charge is 0.345 e. The molecule has 1 aliphatic rings. The number of aromatic hydroxyl groups is 1. The Hall–Kier alpha value is -3.06. The number of pyridine rings is 1. The van der Waals surface area contributed by atoms with Crippen LogP contribution in [0.2, 0.25) is 0 Å². The average Bonchev–Trinajstić information content (AvgIpc) is 3.04. The molecule has 2 aromatic heterocycles. The van der Waals surface area contributed by atoms with Gasteiger partial charge in [-0.05, 0) is 51.4 Å². The Kier molecular flexibility index (Phi) is 4.70. The SMILES string of the molecule is CCc1c(-c2ccc3c4c([nH]c3c2)C(N(C)C)CCC4)[nH]c(=O)c(C(=O)O)c1O. The van der Waals surface area contributed by atoms with E-state index in [4.69, 9.17) is 0 Å². The van der Waals surface area contributed by atoms with Gasteiger partial charge in [-0.1, -0.05) is 19.1 Å². The summed E-state index contributed by atoms with van der Waals surface area (Å²) in [6.07, 6.45) is 3.67. The fourth-order valence-corrected chi connectivity index (χ4v) is 4.54. The molecule has 0 saturated heterocycles. The maximum Gasteiger partial charge on any atom is 0.345 e. The number of carboxylic acids is 1. The second kappa shape index (κ2) is 7.08. The first kappa shape index (κ1) is 19.3. The molecule has 2 heterocycles. The topological polar surface area (TPSA) is 109 Å². The molecule has 0 bridgehead atoms. The number of benzene rings is 1.